The predicted octanol–water partition coefficient (Wildman–Crippen LogP) is -1.15. The monoisotopic (exact) mass is 258 g/mol. The van der Waals surface area contributed by atoms with Crippen molar-refractivity contribution >= 4 is 21.9 Å². The zero-order chi connectivity index (χ0) is 10.8. The molecule has 0 fully saturated rings. The maximum atomic E-state index is 13.1. The van der Waals surface area contributed by atoms with E-state index in [2.05, 4.69) is 0 Å². The third kappa shape index (κ3) is 4.05. The van der Waals surface area contributed by atoms with Crippen molar-refractivity contribution in [2.45, 2.75) is 16.7 Å². The molecule has 0 N–H and O–H groups in total. The van der Waals surface area contributed by atoms with E-state index in [9.17, 15) is 17.4 Å². The molecule has 0 aliphatic heterocycles. The fourth-order valence-electron chi connectivity index (χ4n) is 1.00. The Kier molecular flexibility index (Phi) is 6.39. The van der Waals surface area contributed by atoms with Crippen LogP contribution in [0.15, 0.2) is 28.0 Å². The number of rotatable bonds is 3. The van der Waals surface area contributed by atoms with Crippen molar-refractivity contribution in [3.63, 3.8) is 0 Å². The summed E-state index contributed by atoms with van der Waals surface area (Å²) in [5.74, 6) is -0.412. The minimum atomic E-state index is -4.73. The Labute approximate surface area is 114 Å². The smallest absolute Gasteiger partial charge is 0.744 e. The molecule has 0 heterocycles. The van der Waals surface area contributed by atoms with Crippen LogP contribution in [0.1, 0.15) is 6.92 Å². The number of benzene rings is 1. The molecule has 1 aromatic carbocycles. The molecule has 78 valence electrons. The second-order valence-electron chi connectivity index (χ2n) is 2.45. The molecule has 0 amide bonds. The van der Waals surface area contributed by atoms with E-state index in [4.69, 9.17) is 0 Å². The molecular formula is C8H8FNaO3S2. The van der Waals surface area contributed by atoms with Gasteiger partial charge in [-0.1, -0.05) is 13.0 Å². The Morgan fingerprint density at radius 1 is 1.47 bits per heavy atom. The molecule has 0 aliphatic rings. The van der Waals surface area contributed by atoms with Gasteiger partial charge >= 0.3 is 29.6 Å². The van der Waals surface area contributed by atoms with Crippen molar-refractivity contribution in [2.24, 2.45) is 0 Å². The van der Waals surface area contributed by atoms with E-state index in [-0.39, 0.29) is 34.5 Å². The van der Waals surface area contributed by atoms with E-state index in [1.54, 1.807) is 6.92 Å². The van der Waals surface area contributed by atoms with Gasteiger partial charge in [0.2, 0.25) is 0 Å². The molecule has 0 bridgehead atoms. The fraction of sp³-hybridized carbons (Fsp3) is 0.250. The quantitative estimate of drug-likeness (QED) is 0.390. The van der Waals surface area contributed by atoms with Gasteiger partial charge in [0.15, 0.2) is 0 Å². The molecule has 0 atom stereocenters. The Morgan fingerprint density at radius 3 is 2.53 bits per heavy atom. The zero-order valence-electron chi connectivity index (χ0n) is 8.36. The van der Waals surface area contributed by atoms with Gasteiger partial charge in [0.1, 0.15) is 20.8 Å². The summed E-state index contributed by atoms with van der Waals surface area (Å²) in [5.41, 5.74) is 0. The summed E-state index contributed by atoms with van der Waals surface area (Å²) >= 11 is 1.12. The Bertz CT molecular complexity index is 434. The topological polar surface area (TPSA) is 57.2 Å². The Balaban J connectivity index is 0.00000196. The van der Waals surface area contributed by atoms with Gasteiger partial charge in [-0.25, -0.2) is 12.8 Å². The summed E-state index contributed by atoms with van der Waals surface area (Å²) in [4.78, 5) is -0.575. The minimum Gasteiger partial charge on any atom is -0.744 e. The van der Waals surface area contributed by atoms with Gasteiger partial charge in [0, 0.05) is 4.90 Å². The van der Waals surface area contributed by atoms with E-state index in [1.807, 2.05) is 0 Å². The van der Waals surface area contributed by atoms with E-state index >= 15 is 0 Å². The SMILES string of the molecule is CCSc1cccc(F)c1S(=O)(=O)[O-].[Na+]. The third-order valence-electron chi connectivity index (χ3n) is 1.48. The summed E-state index contributed by atoms with van der Waals surface area (Å²) < 4.78 is 45.3. The van der Waals surface area contributed by atoms with Crippen LogP contribution in [0.2, 0.25) is 0 Å². The maximum Gasteiger partial charge on any atom is 1.00 e. The Hall–Kier alpha value is 0.410. The van der Waals surface area contributed by atoms with Gasteiger partial charge in [-0.2, -0.15) is 0 Å². The van der Waals surface area contributed by atoms with Crippen LogP contribution in [-0.4, -0.2) is 18.7 Å². The average molecular weight is 258 g/mol. The molecule has 0 saturated heterocycles. The number of hydrogen-bond donors (Lipinski definition) is 0. The maximum absolute atomic E-state index is 13.1. The molecule has 0 saturated carbocycles. The molecule has 1 aromatic rings. The molecule has 0 spiro atoms. The molecule has 0 radical (unpaired) electrons. The standard InChI is InChI=1S/C8H9FO3S2.Na/c1-2-13-7-5-3-4-6(9)8(7)14(10,11)12;/h3-5H,2H2,1H3,(H,10,11,12);/q;+1/p-1. The Morgan fingerprint density at radius 2 is 2.07 bits per heavy atom. The van der Waals surface area contributed by atoms with Crippen molar-refractivity contribution in [3.8, 4) is 0 Å². The summed E-state index contributed by atoms with van der Waals surface area (Å²) in [5, 5.41) is 0. The first kappa shape index (κ1) is 15.4. The van der Waals surface area contributed by atoms with Crippen molar-refractivity contribution in [1.29, 1.82) is 0 Å². The van der Waals surface area contributed by atoms with Crippen molar-refractivity contribution in [3.05, 3.63) is 24.0 Å². The fourth-order valence-corrected chi connectivity index (χ4v) is 2.82. The minimum absolute atomic E-state index is 0. The predicted molar refractivity (Wildman–Crippen MR) is 50.8 cm³/mol. The van der Waals surface area contributed by atoms with Gasteiger partial charge in [-0.15, -0.1) is 11.8 Å². The molecule has 0 aliphatic carbocycles. The van der Waals surface area contributed by atoms with Gasteiger partial charge in [0.05, 0.1) is 0 Å². The molecule has 3 nitrogen and oxygen atoms in total. The van der Waals surface area contributed by atoms with Crippen LogP contribution in [-0.2, 0) is 10.1 Å². The van der Waals surface area contributed by atoms with Crippen LogP contribution in [0, 0.1) is 5.82 Å². The summed E-state index contributed by atoms with van der Waals surface area (Å²) in [6.07, 6.45) is 0. The van der Waals surface area contributed by atoms with Crippen molar-refractivity contribution in [2.75, 3.05) is 5.75 Å². The van der Waals surface area contributed by atoms with E-state index < -0.39 is 20.8 Å². The number of thioether (sulfide) groups is 1. The van der Waals surface area contributed by atoms with Crippen LogP contribution in [0.5, 0.6) is 0 Å². The van der Waals surface area contributed by atoms with E-state index in [1.165, 1.54) is 12.1 Å². The van der Waals surface area contributed by atoms with E-state index in [0.717, 1.165) is 17.8 Å². The number of hydrogen-bond acceptors (Lipinski definition) is 4. The summed E-state index contributed by atoms with van der Waals surface area (Å²) in [7, 11) is -4.73. The van der Waals surface area contributed by atoms with Gasteiger partial charge in [0.25, 0.3) is 0 Å². The average Bonchev–Trinajstić information content (AvgIpc) is 2.02. The van der Waals surface area contributed by atoms with Crippen LogP contribution in [0.3, 0.4) is 0 Å². The first-order valence-corrected chi connectivity index (χ1v) is 6.23. The first-order chi connectivity index (χ1) is 6.46. The van der Waals surface area contributed by atoms with Crippen LogP contribution in [0.4, 0.5) is 4.39 Å². The second kappa shape index (κ2) is 6.22. The van der Waals surface area contributed by atoms with Gasteiger partial charge in [-0.3, -0.25) is 0 Å². The van der Waals surface area contributed by atoms with Crippen LogP contribution >= 0.6 is 11.8 Å². The normalized spacial score (nSPS) is 10.9. The largest absolute Gasteiger partial charge is 1.00 e. The molecule has 1 rings (SSSR count). The summed E-state index contributed by atoms with van der Waals surface area (Å²) in [6.45, 7) is 1.79. The van der Waals surface area contributed by atoms with E-state index in [0.29, 0.717) is 5.75 Å². The molecule has 0 aromatic heterocycles. The van der Waals surface area contributed by atoms with Gasteiger partial charge in [-0.05, 0) is 17.9 Å². The summed E-state index contributed by atoms with van der Waals surface area (Å²) in [6, 6.07) is 3.76. The molecule has 15 heavy (non-hydrogen) atoms. The zero-order valence-corrected chi connectivity index (χ0v) is 12.0. The first-order valence-electron chi connectivity index (χ1n) is 3.84. The number of halogens is 1. The van der Waals surface area contributed by atoms with Crippen LogP contribution in [0.25, 0.3) is 0 Å². The van der Waals surface area contributed by atoms with Crippen molar-refractivity contribution in [1.82, 2.24) is 0 Å². The third-order valence-corrected chi connectivity index (χ3v) is 3.46. The molecule has 7 heteroatoms. The van der Waals surface area contributed by atoms with Crippen LogP contribution < -0.4 is 29.6 Å². The van der Waals surface area contributed by atoms with Crippen molar-refractivity contribution < 1.29 is 46.9 Å². The second-order valence-corrected chi connectivity index (χ2v) is 5.08. The van der Waals surface area contributed by atoms with Gasteiger partial charge < -0.3 is 4.55 Å². The molecule has 0 unspecified atom stereocenters. The molecular weight excluding hydrogens is 250 g/mol.